The van der Waals surface area contributed by atoms with E-state index in [9.17, 15) is 10.1 Å². The number of non-ortho nitro benzene ring substituents is 1. The summed E-state index contributed by atoms with van der Waals surface area (Å²) in [6.07, 6.45) is 4.99. The number of rotatable bonds is 4. The molecule has 106 valence electrons. The highest BCUT2D eigenvalue weighted by atomic mass is 16.6. The zero-order valence-electron chi connectivity index (χ0n) is 11.6. The quantitative estimate of drug-likeness (QED) is 0.670. The normalized spacial score (nSPS) is 22.0. The first-order valence-electron chi connectivity index (χ1n) is 7.02. The van der Waals surface area contributed by atoms with E-state index in [1.54, 1.807) is 6.07 Å². The number of nitrogens with one attached hydrogen (secondary N) is 1. The van der Waals surface area contributed by atoms with Crippen LogP contribution >= 0.6 is 0 Å². The van der Waals surface area contributed by atoms with Gasteiger partial charge in [0.2, 0.25) is 0 Å². The lowest BCUT2D eigenvalue weighted by molar-refractivity contribution is -0.384. The maximum absolute atomic E-state index is 10.7. The van der Waals surface area contributed by atoms with Crippen LogP contribution < -0.4 is 5.32 Å². The molecule has 5 heteroatoms. The molecule has 0 spiro atoms. The molecule has 1 aliphatic rings. The Bertz CT molecular complexity index is 536. The fourth-order valence-corrected chi connectivity index (χ4v) is 2.89. The molecule has 1 aromatic rings. The van der Waals surface area contributed by atoms with Crippen LogP contribution in [-0.4, -0.2) is 11.5 Å². The van der Waals surface area contributed by atoms with E-state index in [2.05, 4.69) is 12.2 Å². The Kier molecular flexibility index (Phi) is 4.57. The molecule has 5 nitrogen and oxygen atoms in total. The van der Waals surface area contributed by atoms with Gasteiger partial charge < -0.3 is 5.32 Å². The van der Waals surface area contributed by atoms with Gasteiger partial charge in [-0.15, -0.1) is 0 Å². The summed E-state index contributed by atoms with van der Waals surface area (Å²) in [6.45, 7) is 3.11. The van der Waals surface area contributed by atoms with E-state index < -0.39 is 4.92 Å². The molecule has 0 radical (unpaired) electrons. The summed E-state index contributed by atoms with van der Waals surface area (Å²) in [4.78, 5) is 10.2. The molecule has 20 heavy (non-hydrogen) atoms. The second-order valence-electron chi connectivity index (χ2n) is 5.62. The summed E-state index contributed by atoms with van der Waals surface area (Å²) in [5, 5.41) is 23.1. The minimum atomic E-state index is -0.479. The smallest absolute Gasteiger partial charge is 0.270 e. The number of nitriles is 1. The van der Waals surface area contributed by atoms with Crippen LogP contribution in [0.15, 0.2) is 18.2 Å². The van der Waals surface area contributed by atoms with Crippen LogP contribution in [0.2, 0.25) is 0 Å². The molecule has 1 aromatic carbocycles. The summed E-state index contributed by atoms with van der Waals surface area (Å²) in [7, 11) is 0. The minimum absolute atomic E-state index is 0.0432. The standard InChI is InChI=1S/C15H19N3O2/c1-11-3-2-4-12(7-11)10-17-15-6-5-14(18(19)20)8-13(15)9-16/h5-6,8,11-12,17H,2-4,7,10H2,1H3. The fraction of sp³-hybridized carbons (Fsp3) is 0.533. The number of anilines is 1. The molecule has 0 amide bonds. The van der Waals surface area contributed by atoms with Crippen molar-refractivity contribution in [2.24, 2.45) is 11.8 Å². The van der Waals surface area contributed by atoms with Gasteiger partial charge in [-0.3, -0.25) is 10.1 Å². The zero-order chi connectivity index (χ0) is 14.5. The van der Waals surface area contributed by atoms with Crippen LogP contribution in [0.4, 0.5) is 11.4 Å². The van der Waals surface area contributed by atoms with Crippen molar-refractivity contribution >= 4 is 11.4 Å². The largest absolute Gasteiger partial charge is 0.384 e. The summed E-state index contributed by atoms with van der Waals surface area (Å²) in [5.41, 5.74) is 0.984. The van der Waals surface area contributed by atoms with Crippen molar-refractivity contribution in [3.05, 3.63) is 33.9 Å². The van der Waals surface area contributed by atoms with Crippen molar-refractivity contribution in [1.29, 1.82) is 5.26 Å². The number of hydrogen-bond donors (Lipinski definition) is 1. The monoisotopic (exact) mass is 273 g/mol. The summed E-state index contributed by atoms with van der Waals surface area (Å²) in [6, 6.07) is 6.41. The van der Waals surface area contributed by atoms with Crippen LogP contribution in [0.3, 0.4) is 0 Å². The van der Waals surface area contributed by atoms with Gasteiger partial charge in [0.1, 0.15) is 6.07 Å². The minimum Gasteiger partial charge on any atom is -0.384 e. The third-order valence-electron chi connectivity index (χ3n) is 3.96. The predicted octanol–water partition coefficient (Wildman–Crippen LogP) is 3.70. The maximum atomic E-state index is 10.7. The van der Waals surface area contributed by atoms with Gasteiger partial charge in [0.05, 0.1) is 16.2 Å². The molecule has 1 N–H and O–H groups in total. The molecule has 0 bridgehead atoms. The number of nitro benzene ring substituents is 1. The van der Waals surface area contributed by atoms with Crippen LogP contribution in [0.25, 0.3) is 0 Å². The van der Waals surface area contributed by atoms with Crippen molar-refractivity contribution < 1.29 is 4.92 Å². The first kappa shape index (κ1) is 14.3. The molecule has 0 aliphatic heterocycles. The first-order chi connectivity index (χ1) is 9.60. The van der Waals surface area contributed by atoms with Gasteiger partial charge in [0.25, 0.3) is 5.69 Å². The number of hydrogen-bond acceptors (Lipinski definition) is 4. The van der Waals surface area contributed by atoms with E-state index in [0.29, 0.717) is 17.2 Å². The van der Waals surface area contributed by atoms with E-state index in [4.69, 9.17) is 5.26 Å². The van der Waals surface area contributed by atoms with Gasteiger partial charge in [-0.05, 0) is 30.7 Å². The second-order valence-corrected chi connectivity index (χ2v) is 5.62. The van der Waals surface area contributed by atoms with Gasteiger partial charge in [0.15, 0.2) is 0 Å². The Morgan fingerprint density at radius 1 is 1.50 bits per heavy atom. The molecule has 1 aliphatic carbocycles. The van der Waals surface area contributed by atoms with Crippen molar-refractivity contribution in [3.8, 4) is 6.07 Å². The highest BCUT2D eigenvalue weighted by Crippen LogP contribution is 2.29. The lowest BCUT2D eigenvalue weighted by atomic mass is 9.82. The second kappa shape index (κ2) is 6.38. The van der Waals surface area contributed by atoms with Crippen LogP contribution in [0, 0.1) is 33.3 Å². The molecule has 0 aromatic heterocycles. The molecule has 2 rings (SSSR count). The summed E-state index contributed by atoms with van der Waals surface area (Å²) in [5.74, 6) is 1.39. The van der Waals surface area contributed by atoms with Crippen molar-refractivity contribution in [2.75, 3.05) is 11.9 Å². The van der Waals surface area contributed by atoms with Gasteiger partial charge >= 0.3 is 0 Å². The summed E-state index contributed by atoms with van der Waals surface area (Å²) >= 11 is 0. The highest BCUT2D eigenvalue weighted by molar-refractivity contribution is 5.61. The van der Waals surface area contributed by atoms with E-state index in [-0.39, 0.29) is 5.69 Å². The predicted molar refractivity (Wildman–Crippen MR) is 77.4 cm³/mol. The van der Waals surface area contributed by atoms with Crippen molar-refractivity contribution in [1.82, 2.24) is 0 Å². The average Bonchev–Trinajstić information content (AvgIpc) is 2.45. The van der Waals surface area contributed by atoms with Crippen LogP contribution in [-0.2, 0) is 0 Å². The van der Waals surface area contributed by atoms with Gasteiger partial charge in [-0.2, -0.15) is 5.26 Å². The third kappa shape index (κ3) is 3.47. The van der Waals surface area contributed by atoms with E-state index in [1.165, 1.54) is 37.8 Å². The Morgan fingerprint density at radius 3 is 2.95 bits per heavy atom. The Morgan fingerprint density at radius 2 is 2.30 bits per heavy atom. The highest BCUT2D eigenvalue weighted by Gasteiger charge is 2.19. The summed E-state index contributed by atoms with van der Waals surface area (Å²) < 4.78 is 0. The molecule has 0 heterocycles. The zero-order valence-corrected chi connectivity index (χ0v) is 11.6. The molecule has 2 atom stereocenters. The number of nitro groups is 1. The maximum Gasteiger partial charge on any atom is 0.270 e. The van der Waals surface area contributed by atoms with Crippen molar-refractivity contribution in [2.45, 2.75) is 32.6 Å². The molecule has 0 saturated heterocycles. The average molecular weight is 273 g/mol. The number of nitrogens with zero attached hydrogens (tertiary/aromatic N) is 2. The van der Waals surface area contributed by atoms with Gasteiger partial charge in [-0.25, -0.2) is 0 Å². The van der Waals surface area contributed by atoms with Crippen LogP contribution in [0.1, 0.15) is 38.2 Å². The van der Waals surface area contributed by atoms with E-state index in [1.807, 2.05) is 6.07 Å². The Balaban J connectivity index is 2.02. The first-order valence-corrected chi connectivity index (χ1v) is 7.02. The lowest BCUT2D eigenvalue weighted by Gasteiger charge is -2.27. The Hall–Kier alpha value is -2.09. The number of benzene rings is 1. The SMILES string of the molecule is CC1CCCC(CNc2ccc([N+](=O)[O-])cc2C#N)C1. The van der Waals surface area contributed by atoms with Crippen molar-refractivity contribution in [3.63, 3.8) is 0 Å². The topological polar surface area (TPSA) is 79.0 Å². The Labute approximate surface area is 118 Å². The van der Waals surface area contributed by atoms with Gasteiger partial charge in [-0.1, -0.05) is 19.8 Å². The van der Waals surface area contributed by atoms with E-state index in [0.717, 1.165) is 12.5 Å². The van der Waals surface area contributed by atoms with E-state index >= 15 is 0 Å². The molecule has 1 saturated carbocycles. The van der Waals surface area contributed by atoms with Crippen LogP contribution in [0.5, 0.6) is 0 Å². The third-order valence-corrected chi connectivity index (χ3v) is 3.96. The molecular weight excluding hydrogens is 254 g/mol. The molecule has 1 fully saturated rings. The lowest BCUT2D eigenvalue weighted by Crippen LogP contribution is -2.21. The van der Waals surface area contributed by atoms with Gasteiger partial charge in [0, 0.05) is 18.7 Å². The molecular formula is C15H19N3O2. The fourth-order valence-electron chi connectivity index (χ4n) is 2.89. The molecule has 2 unspecified atom stereocenters.